The zero-order valence-corrected chi connectivity index (χ0v) is 14.6. The van der Waals surface area contributed by atoms with Crippen molar-refractivity contribution in [2.24, 2.45) is 0 Å². The largest absolute Gasteiger partial charge is 0.493 e. The summed E-state index contributed by atoms with van der Waals surface area (Å²) in [7, 11) is 1.51. The van der Waals surface area contributed by atoms with E-state index in [4.69, 9.17) is 21.1 Å². The van der Waals surface area contributed by atoms with Gasteiger partial charge in [-0.1, -0.05) is 24.9 Å². The van der Waals surface area contributed by atoms with Gasteiger partial charge in [-0.2, -0.15) is 0 Å². The number of carbonyl (C=O) groups is 2. The van der Waals surface area contributed by atoms with E-state index >= 15 is 0 Å². The monoisotopic (exact) mass is 355 g/mol. The van der Waals surface area contributed by atoms with Crippen LogP contribution in [0.2, 0.25) is 5.15 Å². The molecule has 0 saturated heterocycles. The molecule has 2 heterocycles. The van der Waals surface area contributed by atoms with Crippen molar-refractivity contribution in [2.75, 3.05) is 13.7 Å². The molecule has 124 valence electrons. The van der Waals surface area contributed by atoms with E-state index in [9.17, 15) is 9.59 Å². The molecule has 2 rings (SSSR count). The van der Waals surface area contributed by atoms with Crippen molar-refractivity contribution in [3.63, 3.8) is 0 Å². The van der Waals surface area contributed by atoms with Gasteiger partial charge in [0.15, 0.2) is 16.7 Å². The molecule has 0 aromatic carbocycles. The molecule has 2 aromatic heterocycles. The minimum Gasteiger partial charge on any atom is -0.493 e. The Morgan fingerprint density at radius 3 is 2.78 bits per heavy atom. The highest BCUT2D eigenvalue weighted by atomic mass is 35.5. The van der Waals surface area contributed by atoms with Gasteiger partial charge in [0.1, 0.15) is 0 Å². The molecule has 0 aliphatic heterocycles. The Hall–Kier alpha value is -1.66. The third-order valence-corrected chi connectivity index (χ3v) is 4.62. The van der Waals surface area contributed by atoms with E-state index in [-0.39, 0.29) is 29.7 Å². The Bertz CT molecular complexity index is 713. The second-order valence-corrected chi connectivity index (χ2v) is 6.41. The Morgan fingerprint density at radius 1 is 1.30 bits per heavy atom. The van der Waals surface area contributed by atoms with Gasteiger partial charge in [0.2, 0.25) is 0 Å². The molecule has 0 aliphatic rings. The number of hydrogen-bond donors (Lipinski definition) is 0. The summed E-state index contributed by atoms with van der Waals surface area (Å²) in [4.78, 5) is 28.5. The molecule has 0 N–H and O–H groups in total. The molecule has 0 aliphatic carbocycles. The molecule has 0 fully saturated rings. The van der Waals surface area contributed by atoms with Crippen molar-refractivity contribution >= 4 is 44.9 Å². The summed E-state index contributed by atoms with van der Waals surface area (Å²) in [6.07, 6.45) is 2.02. The second-order valence-electron chi connectivity index (χ2n) is 4.97. The van der Waals surface area contributed by atoms with Gasteiger partial charge in [0.05, 0.1) is 35.2 Å². The molecule has 0 atom stereocenters. The van der Waals surface area contributed by atoms with E-state index in [1.54, 1.807) is 12.1 Å². The third kappa shape index (κ3) is 4.65. The van der Waals surface area contributed by atoms with E-state index in [1.165, 1.54) is 18.4 Å². The van der Waals surface area contributed by atoms with E-state index in [0.717, 1.165) is 17.5 Å². The first-order valence-corrected chi connectivity index (χ1v) is 8.57. The Morgan fingerprint density at radius 2 is 2.09 bits per heavy atom. The Balaban J connectivity index is 1.99. The number of ether oxygens (including phenoxy) is 2. The van der Waals surface area contributed by atoms with E-state index in [0.29, 0.717) is 22.8 Å². The number of nitrogens with zero attached hydrogens (tertiary/aromatic N) is 1. The fourth-order valence-corrected chi connectivity index (χ4v) is 3.17. The summed E-state index contributed by atoms with van der Waals surface area (Å²) in [5.41, 5.74) is 0.648. The predicted octanol–water partition coefficient (Wildman–Crippen LogP) is 4.26. The van der Waals surface area contributed by atoms with Gasteiger partial charge in [-0.3, -0.25) is 9.59 Å². The number of thiophene rings is 1. The van der Waals surface area contributed by atoms with Crippen LogP contribution in [0.5, 0.6) is 5.75 Å². The molecule has 23 heavy (non-hydrogen) atoms. The molecule has 7 heteroatoms. The van der Waals surface area contributed by atoms with Crippen LogP contribution in [0.25, 0.3) is 10.2 Å². The summed E-state index contributed by atoms with van der Waals surface area (Å²) >= 11 is 7.29. The van der Waals surface area contributed by atoms with Crippen LogP contribution in [0.4, 0.5) is 0 Å². The van der Waals surface area contributed by atoms with Crippen LogP contribution in [0, 0.1) is 0 Å². The Kier molecular flexibility index (Phi) is 6.36. The standard InChI is InChI=1S/C16H18ClNO4S/c1-3-4-7-22-15(20)6-5-11(19)14-8-10-13(23-14)9-12(21-2)16(17)18-10/h8-9H,3-7H2,1-2H3. The highest BCUT2D eigenvalue weighted by molar-refractivity contribution is 7.20. The molecule has 0 saturated carbocycles. The summed E-state index contributed by atoms with van der Waals surface area (Å²) < 4.78 is 11.0. The second kappa shape index (κ2) is 8.26. The van der Waals surface area contributed by atoms with Gasteiger partial charge < -0.3 is 9.47 Å². The lowest BCUT2D eigenvalue weighted by molar-refractivity contribution is -0.143. The smallest absolute Gasteiger partial charge is 0.306 e. The van der Waals surface area contributed by atoms with Gasteiger partial charge in [0, 0.05) is 12.5 Å². The number of ketones is 1. The maximum Gasteiger partial charge on any atom is 0.306 e. The summed E-state index contributed by atoms with van der Waals surface area (Å²) in [6.45, 7) is 2.43. The lowest BCUT2D eigenvalue weighted by atomic mass is 10.2. The number of halogens is 1. The van der Waals surface area contributed by atoms with Crippen molar-refractivity contribution in [2.45, 2.75) is 32.6 Å². The van der Waals surface area contributed by atoms with E-state index < -0.39 is 0 Å². The fourth-order valence-electron chi connectivity index (χ4n) is 1.95. The molecule has 0 unspecified atom stereocenters. The molecule has 0 amide bonds. The average molecular weight is 356 g/mol. The average Bonchev–Trinajstić information content (AvgIpc) is 2.94. The van der Waals surface area contributed by atoms with Crippen LogP contribution in [0.1, 0.15) is 42.3 Å². The first-order valence-electron chi connectivity index (χ1n) is 7.38. The molecular weight excluding hydrogens is 338 g/mol. The van der Waals surface area contributed by atoms with Gasteiger partial charge in [0.25, 0.3) is 0 Å². The maximum atomic E-state index is 12.2. The molecule has 5 nitrogen and oxygen atoms in total. The number of carbonyl (C=O) groups excluding carboxylic acids is 2. The number of pyridine rings is 1. The van der Waals surface area contributed by atoms with E-state index in [2.05, 4.69) is 4.98 Å². The van der Waals surface area contributed by atoms with Gasteiger partial charge in [-0.05, 0) is 12.5 Å². The molecule has 0 radical (unpaired) electrons. The summed E-state index contributed by atoms with van der Waals surface area (Å²) in [5.74, 6) is 0.0331. The number of Topliss-reactive ketones (excluding diaryl/α,β-unsaturated/α-hetero) is 1. The highest BCUT2D eigenvalue weighted by Crippen LogP contribution is 2.32. The van der Waals surface area contributed by atoms with Gasteiger partial charge >= 0.3 is 5.97 Å². The van der Waals surface area contributed by atoms with Crippen molar-refractivity contribution in [1.82, 2.24) is 4.98 Å². The lowest BCUT2D eigenvalue weighted by Crippen LogP contribution is -2.08. The number of aromatic nitrogens is 1. The minimum atomic E-state index is -0.337. The number of rotatable bonds is 8. The highest BCUT2D eigenvalue weighted by Gasteiger charge is 2.15. The van der Waals surface area contributed by atoms with Crippen LogP contribution >= 0.6 is 22.9 Å². The molecule has 0 spiro atoms. The van der Waals surface area contributed by atoms with Crippen molar-refractivity contribution in [1.29, 1.82) is 0 Å². The zero-order valence-electron chi connectivity index (χ0n) is 13.1. The maximum absolute atomic E-state index is 12.2. The van der Waals surface area contributed by atoms with Crippen molar-refractivity contribution in [3.05, 3.63) is 22.2 Å². The first kappa shape index (κ1) is 17.7. The number of fused-ring (bicyclic) bond motifs is 1. The van der Waals surface area contributed by atoms with Crippen LogP contribution in [0.15, 0.2) is 12.1 Å². The normalized spacial score (nSPS) is 10.7. The van der Waals surface area contributed by atoms with Gasteiger partial charge in [-0.15, -0.1) is 11.3 Å². The number of hydrogen-bond acceptors (Lipinski definition) is 6. The number of unbranched alkanes of at least 4 members (excludes halogenated alkanes) is 1. The van der Waals surface area contributed by atoms with Crippen LogP contribution in [0.3, 0.4) is 0 Å². The summed E-state index contributed by atoms with van der Waals surface area (Å²) in [6, 6.07) is 3.45. The SMILES string of the molecule is CCCCOC(=O)CCC(=O)c1cc2nc(Cl)c(OC)cc2s1. The van der Waals surface area contributed by atoms with Crippen molar-refractivity contribution in [3.8, 4) is 5.75 Å². The van der Waals surface area contributed by atoms with E-state index in [1.807, 2.05) is 6.92 Å². The van der Waals surface area contributed by atoms with Crippen LogP contribution in [-0.2, 0) is 9.53 Å². The quantitative estimate of drug-likeness (QED) is 0.306. The third-order valence-electron chi connectivity index (χ3n) is 3.24. The topological polar surface area (TPSA) is 65.5 Å². The molecule has 0 bridgehead atoms. The Labute approximate surface area is 143 Å². The van der Waals surface area contributed by atoms with Crippen LogP contribution in [-0.4, -0.2) is 30.5 Å². The predicted molar refractivity (Wildman–Crippen MR) is 90.6 cm³/mol. The van der Waals surface area contributed by atoms with Crippen molar-refractivity contribution < 1.29 is 19.1 Å². The summed E-state index contributed by atoms with van der Waals surface area (Å²) in [5, 5.41) is 0.260. The molecular formula is C16H18ClNO4S. The fraction of sp³-hybridized carbons (Fsp3) is 0.438. The number of methoxy groups -OCH3 is 1. The van der Waals surface area contributed by atoms with Crippen LogP contribution < -0.4 is 4.74 Å². The van der Waals surface area contributed by atoms with Gasteiger partial charge in [-0.25, -0.2) is 4.98 Å². The molecule has 2 aromatic rings. The first-order chi connectivity index (χ1) is 11.0. The minimum absolute atomic E-state index is 0.0916. The zero-order chi connectivity index (χ0) is 16.8. The number of esters is 1. The lowest BCUT2D eigenvalue weighted by Gasteiger charge is -2.02.